The van der Waals surface area contributed by atoms with E-state index < -0.39 is 29.7 Å². The lowest BCUT2D eigenvalue weighted by molar-refractivity contribution is -0.141. The van der Waals surface area contributed by atoms with Crippen LogP contribution >= 0.6 is 0 Å². The van der Waals surface area contributed by atoms with E-state index in [9.17, 15) is 14.7 Å². The fraction of sp³-hybridized carbons (Fsp3) is 0.833. The predicted octanol–water partition coefficient (Wildman–Crippen LogP) is -0.215. The number of ether oxygens (including phenoxy) is 1. The molecule has 1 unspecified atom stereocenters. The van der Waals surface area contributed by atoms with Gasteiger partial charge in [-0.1, -0.05) is 0 Å². The van der Waals surface area contributed by atoms with Gasteiger partial charge >= 0.3 is 12.0 Å². The lowest BCUT2D eigenvalue weighted by Crippen LogP contribution is -2.57. The van der Waals surface area contributed by atoms with Crippen molar-refractivity contribution in [2.75, 3.05) is 19.8 Å². The second kappa shape index (κ2) is 5.34. The zero-order valence-electron chi connectivity index (χ0n) is 11.0. The number of carbonyl (C=O) groups is 2. The maximum atomic E-state index is 12.2. The number of likely N-dealkylation sites (tertiary alicyclic amines) is 1. The van der Waals surface area contributed by atoms with Crippen LogP contribution in [-0.2, 0) is 9.53 Å². The molecule has 2 aliphatic rings. The number of aliphatic carboxylic acids is 1. The minimum absolute atomic E-state index is 0.0553. The molecule has 2 saturated heterocycles. The number of carboxylic acids is 1. The average molecular weight is 272 g/mol. The standard InChI is InChI=1S/C12H20N2O5/c1-12(3-2-4-19-7-12)13-11(18)14-6-8(15)5-9(14)10(16)17/h8-9,15H,2-7H2,1H3,(H,13,18)(H,16,17)/t8-,9-,12?/m1/s1. The minimum atomic E-state index is -1.09. The third-order valence-corrected chi connectivity index (χ3v) is 3.67. The summed E-state index contributed by atoms with van der Waals surface area (Å²) >= 11 is 0. The van der Waals surface area contributed by atoms with Crippen molar-refractivity contribution in [3.05, 3.63) is 0 Å². The van der Waals surface area contributed by atoms with Crippen LogP contribution in [0.15, 0.2) is 0 Å². The van der Waals surface area contributed by atoms with Crippen molar-refractivity contribution < 1.29 is 24.5 Å². The molecule has 19 heavy (non-hydrogen) atoms. The number of rotatable bonds is 2. The second-order valence-corrected chi connectivity index (χ2v) is 5.54. The van der Waals surface area contributed by atoms with Crippen LogP contribution in [0.2, 0.25) is 0 Å². The first kappa shape index (κ1) is 14.1. The highest BCUT2D eigenvalue weighted by atomic mass is 16.5. The van der Waals surface area contributed by atoms with Gasteiger partial charge in [0.25, 0.3) is 0 Å². The van der Waals surface area contributed by atoms with E-state index in [-0.39, 0.29) is 13.0 Å². The molecule has 7 nitrogen and oxygen atoms in total. The van der Waals surface area contributed by atoms with Crippen LogP contribution in [-0.4, -0.2) is 64.6 Å². The number of urea groups is 1. The summed E-state index contributed by atoms with van der Waals surface area (Å²) in [6.45, 7) is 3.05. The van der Waals surface area contributed by atoms with Gasteiger partial charge in [-0.2, -0.15) is 0 Å². The molecule has 7 heteroatoms. The Kier molecular flexibility index (Phi) is 3.96. The Morgan fingerprint density at radius 3 is 2.79 bits per heavy atom. The molecule has 2 heterocycles. The summed E-state index contributed by atoms with van der Waals surface area (Å²) in [7, 11) is 0. The molecule has 0 aliphatic carbocycles. The van der Waals surface area contributed by atoms with E-state index in [4.69, 9.17) is 9.84 Å². The van der Waals surface area contributed by atoms with E-state index in [0.717, 1.165) is 12.8 Å². The maximum absolute atomic E-state index is 12.2. The Balaban J connectivity index is 2.00. The average Bonchev–Trinajstić information content (AvgIpc) is 2.72. The third kappa shape index (κ3) is 3.16. The van der Waals surface area contributed by atoms with E-state index in [0.29, 0.717) is 13.2 Å². The Morgan fingerprint density at radius 2 is 2.21 bits per heavy atom. The van der Waals surface area contributed by atoms with Crippen LogP contribution < -0.4 is 5.32 Å². The summed E-state index contributed by atoms with van der Waals surface area (Å²) < 4.78 is 5.35. The predicted molar refractivity (Wildman–Crippen MR) is 65.7 cm³/mol. The number of carbonyl (C=O) groups excluding carboxylic acids is 1. The fourth-order valence-corrected chi connectivity index (χ4v) is 2.63. The minimum Gasteiger partial charge on any atom is -0.480 e. The molecule has 3 atom stereocenters. The molecule has 2 aliphatic heterocycles. The molecule has 108 valence electrons. The molecule has 0 bridgehead atoms. The molecule has 0 radical (unpaired) electrons. The van der Waals surface area contributed by atoms with Gasteiger partial charge in [0.15, 0.2) is 0 Å². The quantitative estimate of drug-likeness (QED) is 0.645. The number of nitrogens with zero attached hydrogens (tertiary/aromatic N) is 1. The van der Waals surface area contributed by atoms with Crippen molar-refractivity contribution in [1.82, 2.24) is 10.2 Å². The molecule has 0 aromatic carbocycles. The van der Waals surface area contributed by atoms with Crippen molar-refractivity contribution in [2.24, 2.45) is 0 Å². The van der Waals surface area contributed by atoms with Crippen LogP contribution in [0.3, 0.4) is 0 Å². The van der Waals surface area contributed by atoms with E-state index in [2.05, 4.69) is 5.32 Å². The Morgan fingerprint density at radius 1 is 1.47 bits per heavy atom. The van der Waals surface area contributed by atoms with Gasteiger partial charge in [-0.3, -0.25) is 0 Å². The highest BCUT2D eigenvalue weighted by molar-refractivity contribution is 5.83. The lowest BCUT2D eigenvalue weighted by atomic mass is 9.95. The van der Waals surface area contributed by atoms with Gasteiger partial charge in [-0.15, -0.1) is 0 Å². The fourth-order valence-electron chi connectivity index (χ4n) is 2.63. The van der Waals surface area contributed by atoms with Crippen molar-refractivity contribution in [3.63, 3.8) is 0 Å². The summed E-state index contributed by atoms with van der Waals surface area (Å²) in [5.74, 6) is -1.09. The first-order valence-corrected chi connectivity index (χ1v) is 6.49. The third-order valence-electron chi connectivity index (χ3n) is 3.67. The molecular formula is C12H20N2O5. The number of aliphatic hydroxyl groups is 1. The number of carboxylic acid groups (broad SMARTS) is 1. The summed E-state index contributed by atoms with van der Waals surface area (Å²) in [6, 6.07) is -1.40. The van der Waals surface area contributed by atoms with Gasteiger partial charge in [0.05, 0.1) is 18.2 Å². The summed E-state index contributed by atoms with van der Waals surface area (Å²) in [5, 5.41) is 21.4. The van der Waals surface area contributed by atoms with Gasteiger partial charge in [0.1, 0.15) is 6.04 Å². The topological polar surface area (TPSA) is 99.1 Å². The number of amides is 2. The second-order valence-electron chi connectivity index (χ2n) is 5.54. The molecule has 0 saturated carbocycles. The summed E-state index contributed by atoms with van der Waals surface area (Å²) in [6.07, 6.45) is 0.965. The molecule has 0 spiro atoms. The molecule has 2 rings (SSSR count). The van der Waals surface area contributed by atoms with Crippen LogP contribution in [0.5, 0.6) is 0 Å². The normalized spacial score (nSPS) is 35.2. The molecular weight excluding hydrogens is 252 g/mol. The van der Waals surface area contributed by atoms with Gasteiger partial charge < -0.3 is 25.2 Å². The van der Waals surface area contributed by atoms with Gasteiger partial charge in [-0.05, 0) is 19.8 Å². The zero-order valence-corrected chi connectivity index (χ0v) is 11.0. The number of nitrogens with one attached hydrogen (secondary N) is 1. The highest BCUT2D eigenvalue weighted by Crippen LogP contribution is 2.22. The summed E-state index contributed by atoms with van der Waals surface area (Å²) in [5.41, 5.74) is -0.466. The van der Waals surface area contributed by atoms with Gasteiger partial charge in [0.2, 0.25) is 0 Å². The number of β-amino-alcohol motifs (C(OH)–C–C–N with tert-alkyl or cyclic N) is 1. The Bertz CT molecular complexity index is 367. The van der Waals surface area contributed by atoms with Crippen molar-refractivity contribution >= 4 is 12.0 Å². The van der Waals surface area contributed by atoms with Crippen molar-refractivity contribution in [1.29, 1.82) is 0 Å². The van der Waals surface area contributed by atoms with E-state index >= 15 is 0 Å². The molecule has 0 aromatic rings. The Labute approximate surface area is 111 Å². The van der Waals surface area contributed by atoms with E-state index in [1.807, 2.05) is 6.92 Å². The largest absolute Gasteiger partial charge is 0.480 e. The molecule has 2 fully saturated rings. The van der Waals surface area contributed by atoms with Crippen LogP contribution in [0.1, 0.15) is 26.2 Å². The number of aliphatic hydroxyl groups excluding tert-OH is 1. The first-order valence-electron chi connectivity index (χ1n) is 6.49. The molecule has 3 N–H and O–H groups in total. The lowest BCUT2D eigenvalue weighted by Gasteiger charge is -2.36. The van der Waals surface area contributed by atoms with Gasteiger partial charge in [0, 0.05) is 19.6 Å². The van der Waals surface area contributed by atoms with Crippen LogP contribution in [0.25, 0.3) is 0 Å². The van der Waals surface area contributed by atoms with Crippen LogP contribution in [0.4, 0.5) is 4.79 Å². The molecule has 2 amide bonds. The first-order chi connectivity index (χ1) is 8.91. The maximum Gasteiger partial charge on any atom is 0.326 e. The van der Waals surface area contributed by atoms with E-state index in [1.54, 1.807) is 0 Å². The van der Waals surface area contributed by atoms with Gasteiger partial charge in [-0.25, -0.2) is 9.59 Å². The van der Waals surface area contributed by atoms with E-state index in [1.165, 1.54) is 4.90 Å². The van der Waals surface area contributed by atoms with Crippen molar-refractivity contribution in [3.8, 4) is 0 Å². The number of hydrogen-bond donors (Lipinski definition) is 3. The number of hydrogen-bond acceptors (Lipinski definition) is 4. The highest BCUT2D eigenvalue weighted by Gasteiger charge is 2.41. The Hall–Kier alpha value is -1.34. The zero-order chi connectivity index (χ0) is 14.0. The SMILES string of the molecule is CC1(NC(=O)N2C[C@H](O)C[C@@H]2C(=O)O)CCCOC1. The van der Waals surface area contributed by atoms with Crippen LogP contribution in [0, 0.1) is 0 Å². The monoisotopic (exact) mass is 272 g/mol. The smallest absolute Gasteiger partial charge is 0.326 e. The van der Waals surface area contributed by atoms with Crippen molar-refractivity contribution in [2.45, 2.75) is 43.9 Å². The molecule has 0 aromatic heterocycles. The summed E-state index contributed by atoms with van der Waals surface area (Å²) in [4.78, 5) is 24.4.